The van der Waals surface area contributed by atoms with Crippen molar-refractivity contribution in [2.24, 2.45) is 17.1 Å². The Labute approximate surface area is 161 Å². The van der Waals surface area contributed by atoms with Gasteiger partial charge in [0.2, 0.25) is 11.7 Å². The first-order chi connectivity index (χ1) is 12.8. The molecular formula is C21H30N4O2. The minimum atomic E-state index is 0.0467. The highest BCUT2D eigenvalue weighted by molar-refractivity contribution is 5.95. The molecule has 0 saturated carbocycles. The third-order valence-corrected chi connectivity index (χ3v) is 5.05. The third kappa shape index (κ3) is 4.75. The number of carbonyl (C=O) groups excluding carboxylic acids is 1. The predicted octanol–water partition coefficient (Wildman–Crippen LogP) is 3.52. The number of likely N-dealkylation sites (tertiary alicyclic amines) is 1. The van der Waals surface area contributed by atoms with Crippen LogP contribution in [0.5, 0.6) is 0 Å². The van der Waals surface area contributed by atoms with E-state index in [0.29, 0.717) is 29.7 Å². The smallest absolute Gasteiger partial charge is 0.254 e. The largest absolute Gasteiger partial charge is 0.339 e. The normalized spacial score (nSPS) is 20.7. The van der Waals surface area contributed by atoms with E-state index in [2.05, 4.69) is 37.8 Å². The maximum Gasteiger partial charge on any atom is 0.254 e. The van der Waals surface area contributed by atoms with E-state index in [0.717, 1.165) is 31.4 Å². The highest BCUT2D eigenvalue weighted by Crippen LogP contribution is 2.25. The Morgan fingerprint density at radius 2 is 2.00 bits per heavy atom. The quantitative estimate of drug-likeness (QED) is 0.890. The summed E-state index contributed by atoms with van der Waals surface area (Å²) >= 11 is 0. The van der Waals surface area contributed by atoms with E-state index in [1.807, 2.05) is 29.2 Å². The van der Waals surface area contributed by atoms with Gasteiger partial charge in [-0.15, -0.1) is 0 Å². The van der Waals surface area contributed by atoms with Gasteiger partial charge in [0.15, 0.2) is 0 Å². The third-order valence-electron chi connectivity index (χ3n) is 5.05. The number of rotatable bonds is 4. The molecule has 146 valence electrons. The Morgan fingerprint density at radius 3 is 2.63 bits per heavy atom. The molecular weight excluding hydrogens is 340 g/mol. The van der Waals surface area contributed by atoms with Crippen LogP contribution in [0.3, 0.4) is 0 Å². The molecule has 1 aromatic heterocycles. The molecule has 1 fully saturated rings. The van der Waals surface area contributed by atoms with Gasteiger partial charge in [-0.1, -0.05) is 45.0 Å². The van der Waals surface area contributed by atoms with E-state index < -0.39 is 0 Å². The van der Waals surface area contributed by atoms with Crippen molar-refractivity contribution in [3.05, 3.63) is 35.7 Å². The Bertz CT molecular complexity index is 776. The first-order valence-electron chi connectivity index (χ1n) is 9.71. The summed E-state index contributed by atoms with van der Waals surface area (Å²) in [5, 5.41) is 4.07. The Balaban J connectivity index is 1.72. The van der Waals surface area contributed by atoms with Crippen LogP contribution < -0.4 is 5.73 Å². The topological polar surface area (TPSA) is 85.2 Å². The van der Waals surface area contributed by atoms with Gasteiger partial charge >= 0.3 is 0 Å². The summed E-state index contributed by atoms with van der Waals surface area (Å²) in [6.45, 7) is 9.89. The fourth-order valence-electron chi connectivity index (χ4n) is 3.57. The van der Waals surface area contributed by atoms with Crippen LogP contribution in [0.2, 0.25) is 0 Å². The Morgan fingerprint density at radius 1 is 1.30 bits per heavy atom. The molecule has 1 amide bonds. The standard InChI is InChI=1S/C21H30N4O2/c1-14-9-10-25(17(11-14)13-22)20(26)16-7-5-15(6-8-16)19-23-18(27-24-19)12-21(2,3)4/h5-8,14,17H,9-13,22H2,1-4H3. The molecule has 0 radical (unpaired) electrons. The molecule has 1 aliphatic rings. The zero-order valence-corrected chi connectivity index (χ0v) is 16.7. The van der Waals surface area contributed by atoms with Gasteiger partial charge in [-0.05, 0) is 36.3 Å². The van der Waals surface area contributed by atoms with Gasteiger partial charge in [-0.25, -0.2) is 0 Å². The molecule has 2 heterocycles. The number of nitrogens with zero attached hydrogens (tertiary/aromatic N) is 3. The van der Waals surface area contributed by atoms with Gasteiger partial charge in [0.1, 0.15) is 0 Å². The van der Waals surface area contributed by atoms with E-state index in [1.165, 1.54) is 0 Å². The van der Waals surface area contributed by atoms with Crippen LogP contribution in [0.1, 0.15) is 56.8 Å². The minimum absolute atomic E-state index is 0.0467. The molecule has 1 aliphatic heterocycles. The maximum absolute atomic E-state index is 12.9. The number of carbonyl (C=O) groups is 1. The van der Waals surface area contributed by atoms with Crippen molar-refractivity contribution in [3.8, 4) is 11.4 Å². The van der Waals surface area contributed by atoms with E-state index in [9.17, 15) is 4.79 Å². The number of nitrogens with two attached hydrogens (primary N) is 1. The molecule has 0 aliphatic carbocycles. The number of benzene rings is 1. The molecule has 6 nitrogen and oxygen atoms in total. The van der Waals surface area contributed by atoms with Crippen LogP contribution in [-0.2, 0) is 6.42 Å². The second-order valence-corrected chi connectivity index (χ2v) is 8.84. The Kier molecular flexibility index (Phi) is 5.65. The van der Waals surface area contributed by atoms with E-state index in [-0.39, 0.29) is 17.4 Å². The molecule has 1 saturated heterocycles. The Hall–Kier alpha value is -2.21. The maximum atomic E-state index is 12.9. The number of aromatic nitrogens is 2. The molecule has 1 aromatic carbocycles. The monoisotopic (exact) mass is 370 g/mol. The molecule has 2 unspecified atom stereocenters. The van der Waals surface area contributed by atoms with Gasteiger partial charge in [0, 0.05) is 36.7 Å². The van der Waals surface area contributed by atoms with Crippen molar-refractivity contribution in [1.82, 2.24) is 15.0 Å². The average molecular weight is 370 g/mol. The SMILES string of the molecule is CC1CCN(C(=O)c2ccc(-c3noc(CC(C)(C)C)n3)cc2)C(CN)C1. The zero-order valence-electron chi connectivity index (χ0n) is 16.7. The van der Waals surface area contributed by atoms with Crippen molar-refractivity contribution in [2.75, 3.05) is 13.1 Å². The lowest BCUT2D eigenvalue weighted by molar-refractivity contribution is 0.0573. The molecule has 0 spiro atoms. The fourth-order valence-corrected chi connectivity index (χ4v) is 3.57. The second kappa shape index (κ2) is 7.80. The average Bonchev–Trinajstić information content (AvgIpc) is 3.07. The summed E-state index contributed by atoms with van der Waals surface area (Å²) in [7, 11) is 0. The number of hydrogen-bond acceptors (Lipinski definition) is 5. The summed E-state index contributed by atoms with van der Waals surface area (Å²) in [6.07, 6.45) is 2.73. The van der Waals surface area contributed by atoms with E-state index in [4.69, 9.17) is 10.3 Å². The van der Waals surface area contributed by atoms with Gasteiger partial charge < -0.3 is 15.2 Å². The van der Waals surface area contributed by atoms with Crippen LogP contribution in [0.25, 0.3) is 11.4 Å². The summed E-state index contributed by atoms with van der Waals surface area (Å²) in [6, 6.07) is 7.55. The number of piperidine rings is 1. The minimum Gasteiger partial charge on any atom is -0.339 e. The van der Waals surface area contributed by atoms with Crippen molar-refractivity contribution >= 4 is 5.91 Å². The fraction of sp³-hybridized carbons (Fsp3) is 0.571. The summed E-state index contributed by atoms with van der Waals surface area (Å²) in [4.78, 5) is 19.3. The molecule has 2 atom stereocenters. The highest BCUT2D eigenvalue weighted by Gasteiger charge is 2.29. The molecule has 27 heavy (non-hydrogen) atoms. The van der Waals surface area contributed by atoms with Crippen LogP contribution in [0, 0.1) is 11.3 Å². The predicted molar refractivity (Wildman–Crippen MR) is 105 cm³/mol. The molecule has 2 N–H and O–H groups in total. The van der Waals surface area contributed by atoms with Crippen LogP contribution >= 0.6 is 0 Å². The summed E-state index contributed by atoms with van der Waals surface area (Å²) < 4.78 is 5.36. The molecule has 3 rings (SSSR count). The van der Waals surface area contributed by atoms with Gasteiger partial charge in [0.05, 0.1) is 0 Å². The van der Waals surface area contributed by atoms with Crippen molar-refractivity contribution < 1.29 is 9.32 Å². The van der Waals surface area contributed by atoms with Gasteiger partial charge in [-0.2, -0.15) is 4.98 Å². The van der Waals surface area contributed by atoms with E-state index >= 15 is 0 Å². The van der Waals surface area contributed by atoms with Crippen molar-refractivity contribution in [3.63, 3.8) is 0 Å². The van der Waals surface area contributed by atoms with Crippen LogP contribution in [0.4, 0.5) is 0 Å². The summed E-state index contributed by atoms with van der Waals surface area (Å²) in [5.41, 5.74) is 7.50. The number of amides is 1. The van der Waals surface area contributed by atoms with Crippen LogP contribution in [-0.4, -0.2) is 40.1 Å². The first kappa shape index (κ1) is 19.5. The molecule has 6 heteroatoms. The molecule has 0 bridgehead atoms. The van der Waals surface area contributed by atoms with Gasteiger partial charge in [-0.3, -0.25) is 4.79 Å². The molecule has 2 aromatic rings. The number of hydrogen-bond donors (Lipinski definition) is 1. The zero-order chi connectivity index (χ0) is 19.6. The lowest BCUT2D eigenvalue weighted by atomic mass is 9.92. The highest BCUT2D eigenvalue weighted by atomic mass is 16.5. The lowest BCUT2D eigenvalue weighted by Gasteiger charge is -2.38. The first-order valence-corrected chi connectivity index (χ1v) is 9.71. The van der Waals surface area contributed by atoms with Gasteiger partial charge in [0.25, 0.3) is 5.91 Å². The summed E-state index contributed by atoms with van der Waals surface area (Å²) in [5.74, 6) is 1.85. The van der Waals surface area contributed by atoms with Crippen molar-refractivity contribution in [1.29, 1.82) is 0 Å². The lowest BCUT2D eigenvalue weighted by Crippen LogP contribution is -2.49. The van der Waals surface area contributed by atoms with Crippen LogP contribution in [0.15, 0.2) is 28.8 Å². The van der Waals surface area contributed by atoms with Crippen molar-refractivity contribution in [2.45, 2.75) is 53.0 Å². The van der Waals surface area contributed by atoms with E-state index in [1.54, 1.807) is 0 Å². The second-order valence-electron chi connectivity index (χ2n) is 8.84.